The Kier molecular flexibility index (Phi) is 9.88. The van der Waals surface area contributed by atoms with Gasteiger partial charge in [0.2, 0.25) is 0 Å². The van der Waals surface area contributed by atoms with Crippen molar-refractivity contribution >= 4 is 0 Å². The molecule has 1 N–H and O–H groups in total. The number of piperazine rings is 1. The molecule has 1 saturated heterocycles. The summed E-state index contributed by atoms with van der Waals surface area (Å²) in [5.41, 5.74) is 2.09. The first kappa shape index (κ1) is 27.0. The predicted octanol–water partition coefficient (Wildman–Crippen LogP) is 4.94. The SMILES string of the molecule is COc1ccccc1OCC(O)CN1CCN(CCCC(c2ccc(F)cc2)c2ccc(F)cc2)CC1. The minimum atomic E-state index is -0.580. The van der Waals surface area contributed by atoms with Crippen molar-refractivity contribution in [3.8, 4) is 11.5 Å². The van der Waals surface area contributed by atoms with Crippen molar-refractivity contribution in [2.24, 2.45) is 0 Å². The van der Waals surface area contributed by atoms with Crippen LogP contribution in [0.3, 0.4) is 0 Å². The van der Waals surface area contributed by atoms with E-state index in [-0.39, 0.29) is 24.2 Å². The molecule has 1 aliphatic heterocycles. The summed E-state index contributed by atoms with van der Waals surface area (Å²) in [5, 5.41) is 10.5. The van der Waals surface area contributed by atoms with Gasteiger partial charge in [-0.05, 0) is 66.9 Å². The van der Waals surface area contributed by atoms with E-state index in [1.807, 2.05) is 48.5 Å². The normalized spacial score (nSPS) is 15.6. The van der Waals surface area contributed by atoms with Gasteiger partial charge in [0.1, 0.15) is 24.3 Å². The predicted molar refractivity (Wildman–Crippen MR) is 141 cm³/mol. The third kappa shape index (κ3) is 7.99. The van der Waals surface area contributed by atoms with Crippen LogP contribution in [0.15, 0.2) is 72.8 Å². The van der Waals surface area contributed by atoms with Gasteiger partial charge in [-0.1, -0.05) is 36.4 Å². The molecule has 0 bridgehead atoms. The Labute approximate surface area is 218 Å². The number of nitrogens with zero attached hydrogens (tertiary/aromatic N) is 2. The maximum absolute atomic E-state index is 13.5. The third-order valence-corrected chi connectivity index (χ3v) is 6.95. The molecule has 0 aliphatic carbocycles. The van der Waals surface area contributed by atoms with Crippen molar-refractivity contribution < 1.29 is 23.4 Å². The Morgan fingerprint density at radius 1 is 0.784 bits per heavy atom. The average Bonchev–Trinajstić information content (AvgIpc) is 2.92. The lowest BCUT2D eigenvalue weighted by molar-refractivity contribution is 0.0451. The third-order valence-electron chi connectivity index (χ3n) is 6.95. The zero-order valence-electron chi connectivity index (χ0n) is 21.4. The number of hydrogen-bond donors (Lipinski definition) is 1. The second kappa shape index (κ2) is 13.5. The molecule has 5 nitrogen and oxygen atoms in total. The molecule has 37 heavy (non-hydrogen) atoms. The number of benzene rings is 3. The number of β-amino-alcohol motifs (C(OH)–C–C–N with tert-alkyl or cyclic N) is 1. The second-order valence-electron chi connectivity index (χ2n) is 9.56. The molecule has 1 atom stereocenters. The van der Waals surface area contributed by atoms with Gasteiger partial charge in [0.15, 0.2) is 11.5 Å². The summed E-state index contributed by atoms with van der Waals surface area (Å²) in [7, 11) is 1.60. The van der Waals surface area contributed by atoms with Crippen LogP contribution in [0, 0.1) is 11.6 Å². The molecule has 0 amide bonds. The van der Waals surface area contributed by atoms with E-state index in [4.69, 9.17) is 9.47 Å². The smallest absolute Gasteiger partial charge is 0.161 e. The molecule has 198 valence electrons. The largest absolute Gasteiger partial charge is 0.493 e. The van der Waals surface area contributed by atoms with Gasteiger partial charge >= 0.3 is 0 Å². The van der Waals surface area contributed by atoms with E-state index >= 15 is 0 Å². The van der Waals surface area contributed by atoms with Gasteiger partial charge in [-0.15, -0.1) is 0 Å². The van der Waals surface area contributed by atoms with Crippen LogP contribution in [0.2, 0.25) is 0 Å². The summed E-state index contributed by atoms with van der Waals surface area (Å²) in [6.07, 6.45) is 1.30. The van der Waals surface area contributed by atoms with E-state index in [0.29, 0.717) is 18.0 Å². The van der Waals surface area contributed by atoms with E-state index in [0.717, 1.165) is 56.7 Å². The summed E-state index contributed by atoms with van der Waals surface area (Å²) >= 11 is 0. The summed E-state index contributed by atoms with van der Waals surface area (Å²) in [6.45, 7) is 5.42. The van der Waals surface area contributed by atoms with E-state index < -0.39 is 6.10 Å². The molecule has 1 heterocycles. The number of halogens is 2. The highest BCUT2D eigenvalue weighted by molar-refractivity contribution is 5.39. The molecular weight excluding hydrogens is 474 g/mol. The van der Waals surface area contributed by atoms with Crippen LogP contribution in [0.4, 0.5) is 8.78 Å². The Balaban J connectivity index is 1.21. The van der Waals surface area contributed by atoms with Crippen molar-refractivity contribution in [3.63, 3.8) is 0 Å². The molecule has 1 aliphatic rings. The highest BCUT2D eigenvalue weighted by Crippen LogP contribution is 2.30. The van der Waals surface area contributed by atoms with Crippen molar-refractivity contribution in [2.45, 2.75) is 24.9 Å². The molecule has 3 aromatic carbocycles. The molecular formula is C30H36F2N2O3. The molecule has 0 spiro atoms. The van der Waals surface area contributed by atoms with Gasteiger partial charge in [0.25, 0.3) is 0 Å². The van der Waals surface area contributed by atoms with Crippen LogP contribution >= 0.6 is 0 Å². The number of ether oxygens (including phenoxy) is 2. The van der Waals surface area contributed by atoms with Crippen molar-refractivity contribution in [1.29, 1.82) is 0 Å². The van der Waals surface area contributed by atoms with E-state index in [1.165, 1.54) is 24.3 Å². The number of rotatable bonds is 12. The van der Waals surface area contributed by atoms with Crippen LogP contribution < -0.4 is 9.47 Å². The monoisotopic (exact) mass is 510 g/mol. The minimum Gasteiger partial charge on any atom is -0.493 e. The average molecular weight is 511 g/mol. The van der Waals surface area contributed by atoms with Crippen LogP contribution in [0.25, 0.3) is 0 Å². The highest BCUT2D eigenvalue weighted by Gasteiger charge is 2.21. The van der Waals surface area contributed by atoms with Crippen LogP contribution in [0.5, 0.6) is 11.5 Å². The first-order valence-corrected chi connectivity index (χ1v) is 12.9. The van der Waals surface area contributed by atoms with Crippen molar-refractivity contribution in [2.75, 3.05) is 53.0 Å². The first-order valence-electron chi connectivity index (χ1n) is 12.9. The second-order valence-corrected chi connectivity index (χ2v) is 9.56. The van der Waals surface area contributed by atoms with Gasteiger partial charge in [0.05, 0.1) is 7.11 Å². The molecule has 7 heteroatoms. The topological polar surface area (TPSA) is 45.2 Å². The Hall–Kier alpha value is -3.00. The molecule has 0 aromatic heterocycles. The Bertz CT molecular complexity index is 1040. The maximum Gasteiger partial charge on any atom is 0.161 e. The fraction of sp³-hybridized carbons (Fsp3) is 0.400. The number of para-hydroxylation sites is 2. The molecule has 0 saturated carbocycles. The van der Waals surface area contributed by atoms with E-state index in [1.54, 1.807) is 7.11 Å². The highest BCUT2D eigenvalue weighted by atomic mass is 19.1. The van der Waals surface area contributed by atoms with Gasteiger partial charge in [-0.25, -0.2) is 8.78 Å². The Morgan fingerprint density at radius 2 is 1.32 bits per heavy atom. The number of aliphatic hydroxyl groups excluding tert-OH is 1. The van der Waals surface area contributed by atoms with Crippen molar-refractivity contribution in [3.05, 3.63) is 95.6 Å². The fourth-order valence-corrected chi connectivity index (χ4v) is 4.91. The lowest BCUT2D eigenvalue weighted by Gasteiger charge is -2.35. The van der Waals surface area contributed by atoms with E-state index in [2.05, 4.69) is 9.80 Å². The quantitative estimate of drug-likeness (QED) is 0.374. The van der Waals surface area contributed by atoms with Gasteiger partial charge in [-0.2, -0.15) is 0 Å². The summed E-state index contributed by atoms with van der Waals surface area (Å²) in [4.78, 5) is 4.72. The number of hydrogen-bond acceptors (Lipinski definition) is 5. The van der Waals surface area contributed by atoms with Crippen LogP contribution in [-0.4, -0.2) is 74.0 Å². The fourth-order valence-electron chi connectivity index (χ4n) is 4.91. The van der Waals surface area contributed by atoms with E-state index in [9.17, 15) is 13.9 Å². The van der Waals surface area contributed by atoms with Crippen LogP contribution in [0.1, 0.15) is 29.9 Å². The van der Waals surface area contributed by atoms with Crippen molar-refractivity contribution in [1.82, 2.24) is 9.80 Å². The zero-order chi connectivity index (χ0) is 26.0. The summed E-state index contributed by atoms with van der Waals surface area (Å²) < 4.78 is 38.0. The summed E-state index contributed by atoms with van der Waals surface area (Å²) in [5.74, 6) is 0.880. The lowest BCUT2D eigenvalue weighted by atomic mass is 9.87. The number of aliphatic hydroxyl groups is 1. The minimum absolute atomic E-state index is 0.0980. The number of methoxy groups -OCH3 is 1. The lowest BCUT2D eigenvalue weighted by Crippen LogP contribution is -2.49. The molecule has 1 unspecified atom stereocenters. The maximum atomic E-state index is 13.5. The zero-order valence-corrected chi connectivity index (χ0v) is 21.4. The Morgan fingerprint density at radius 3 is 1.89 bits per heavy atom. The first-order chi connectivity index (χ1) is 18.0. The standard InChI is InChI=1S/C30H36F2N2O3/c1-36-29-6-2-3-7-30(29)37-22-27(35)21-34-19-17-33(18-20-34)16-4-5-28(23-8-12-25(31)13-9-23)24-10-14-26(32)15-11-24/h2-3,6-15,27-28,35H,4-5,16-22H2,1H3. The molecule has 0 radical (unpaired) electrons. The molecule has 4 rings (SSSR count). The van der Waals surface area contributed by atoms with Gasteiger partial charge < -0.3 is 19.5 Å². The van der Waals surface area contributed by atoms with Gasteiger partial charge in [-0.3, -0.25) is 4.90 Å². The molecule has 1 fully saturated rings. The molecule has 3 aromatic rings. The summed E-state index contributed by atoms with van der Waals surface area (Å²) in [6, 6.07) is 20.7. The van der Waals surface area contributed by atoms with Gasteiger partial charge in [0, 0.05) is 38.6 Å². The van der Waals surface area contributed by atoms with Crippen LogP contribution in [-0.2, 0) is 0 Å².